The van der Waals surface area contributed by atoms with Crippen molar-refractivity contribution < 1.29 is 9.59 Å². The number of nitrogens with one attached hydrogen (secondary N) is 2. The summed E-state index contributed by atoms with van der Waals surface area (Å²) in [6.07, 6.45) is 3.10. The number of benzene rings is 1. The number of aromatic nitrogens is 2. The van der Waals surface area contributed by atoms with Crippen molar-refractivity contribution in [2.45, 2.75) is 6.54 Å². The molecule has 2 heterocycles. The normalized spacial score (nSPS) is 10.3. The van der Waals surface area contributed by atoms with E-state index >= 15 is 0 Å². The third-order valence-corrected chi connectivity index (χ3v) is 4.12. The van der Waals surface area contributed by atoms with Gasteiger partial charge in [-0.15, -0.1) is 0 Å². The highest BCUT2D eigenvalue weighted by molar-refractivity contribution is 6.34. The largest absolute Gasteiger partial charge is 0.347 e. The predicted octanol–water partition coefficient (Wildman–Crippen LogP) is 3.97. The first-order valence-corrected chi connectivity index (χ1v) is 8.69. The van der Waals surface area contributed by atoms with Crippen LogP contribution in [0, 0.1) is 0 Å². The summed E-state index contributed by atoms with van der Waals surface area (Å²) in [5.41, 5.74) is 1.98. The summed E-state index contributed by atoms with van der Waals surface area (Å²) in [4.78, 5) is 32.3. The molecule has 1 aromatic carbocycles. The number of carbonyl (C=O) groups is 2. The van der Waals surface area contributed by atoms with Crippen LogP contribution in [0.15, 0.2) is 60.9 Å². The molecular formula is C19H14Cl2N4O2. The summed E-state index contributed by atoms with van der Waals surface area (Å²) in [5, 5.41) is 5.94. The maximum atomic E-state index is 12.2. The Morgan fingerprint density at radius 2 is 1.74 bits per heavy atom. The smallest absolute Gasteiger partial charge is 0.271 e. The first kappa shape index (κ1) is 18.8. The number of carbonyl (C=O) groups excluding carboxylic acids is 2. The second kappa shape index (κ2) is 8.62. The van der Waals surface area contributed by atoms with Crippen molar-refractivity contribution in [3.8, 4) is 0 Å². The fourth-order valence-corrected chi connectivity index (χ4v) is 2.65. The van der Waals surface area contributed by atoms with E-state index in [1.165, 1.54) is 12.1 Å². The minimum absolute atomic E-state index is 0.0614. The number of halogens is 2. The maximum absolute atomic E-state index is 12.2. The first-order valence-electron chi connectivity index (χ1n) is 7.93. The fourth-order valence-electron chi connectivity index (χ4n) is 2.31. The number of nitrogens with zero attached hydrogens (tertiary/aromatic N) is 2. The van der Waals surface area contributed by atoms with Gasteiger partial charge >= 0.3 is 0 Å². The van der Waals surface area contributed by atoms with Crippen LogP contribution in [0.4, 0.5) is 5.69 Å². The van der Waals surface area contributed by atoms with E-state index in [1.807, 2.05) is 6.07 Å². The van der Waals surface area contributed by atoms with Crippen molar-refractivity contribution in [2.75, 3.05) is 5.32 Å². The van der Waals surface area contributed by atoms with Crippen LogP contribution in [0.1, 0.15) is 26.4 Å². The van der Waals surface area contributed by atoms with E-state index in [0.29, 0.717) is 11.3 Å². The topological polar surface area (TPSA) is 84.0 Å². The van der Waals surface area contributed by atoms with Gasteiger partial charge in [0.1, 0.15) is 10.8 Å². The van der Waals surface area contributed by atoms with Crippen LogP contribution in [0.2, 0.25) is 10.2 Å². The lowest BCUT2D eigenvalue weighted by Gasteiger charge is -2.09. The maximum Gasteiger partial charge on any atom is 0.271 e. The molecule has 6 nitrogen and oxygen atoms in total. The zero-order valence-electron chi connectivity index (χ0n) is 13.9. The van der Waals surface area contributed by atoms with Crippen LogP contribution >= 0.6 is 23.2 Å². The molecule has 0 aliphatic carbocycles. The van der Waals surface area contributed by atoms with E-state index < -0.39 is 5.91 Å². The second-order valence-electron chi connectivity index (χ2n) is 5.54. The van der Waals surface area contributed by atoms with Gasteiger partial charge in [-0.2, -0.15) is 0 Å². The fraction of sp³-hybridized carbons (Fsp3) is 0.0526. The lowest BCUT2D eigenvalue weighted by molar-refractivity contribution is 0.0945. The summed E-state index contributed by atoms with van der Waals surface area (Å²) in [6.45, 7) is 0.238. The molecule has 0 saturated carbocycles. The van der Waals surface area contributed by atoms with Gasteiger partial charge < -0.3 is 10.6 Å². The molecule has 0 saturated heterocycles. The van der Waals surface area contributed by atoms with E-state index in [2.05, 4.69) is 20.6 Å². The van der Waals surface area contributed by atoms with E-state index in [9.17, 15) is 9.59 Å². The Kier molecular flexibility index (Phi) is 6.01. The van der Waals surface area contributed by atoms with Crippen LogP contribution in [-0.2, 0) is 6.54 Å². The molecule has 136 valence electrons. The van der Waals surface area contributed by atoms with Crippen molar-refractivity contribution in [3.05, 3.63) is 87.9 Å². The third-order valence-electron chi connectivity index (χ3n) is 3.61. The minimum Gasteiger partial charge on any atom is -0.347 e. The van der Waals surface area contributed by atoms with Gasteiger partial charge in [0.25, 0.3) is 11.8 Å². The molecule has 8 heteroatoms. The molecule has 0 radical (unpaired) electrons. The molecule has 3 rings (SSSR count). The molecule has 0 fully saturated rings. The Bertz CT molecular complexity index is 980. The third kappa shape index (κ3) is 5.03. The van der Waals surface area contributed by atoms with E-state index in [1.54, 1.807) is 42.7 Å². The number of hydrogen-bond donors (Lipinski definition) is 2. The number of pyridine rings is 2. The standard InChI is InChI=1S/C19H14Cl2N4O2/c20-15-4-5-16(21)25-17(15)19(27)23-11-12-2-1-3-14(10-12)24-18(26)13-6-8-22-9-7-13/h1-10H,11H2,(H,23,27)(H,24,26). The van der Waals surface area contributed by atoms with Gasteiger partial charge in [0, 0.05) is 30.2 Å². The van der Waals surface area contributed by atoms with Crippen LogP contribution in [-0.4, -0.2) is 21.8 Å². The van der Waals surface area contributed by atoms with Gasteiger partial charge in [-0.1, -0.05) is 35.3 Å². The number of hydrogen-bond acceptors (Lipinski definition) is 4. The zero-order chi connectivity index (χ0) is 19.2. The highest BCUT2D eigenvalue weighted by Crippen LogP contribution is 2.17. The van der Waals surface area contributed by atoms with Crippen molar-refractivity contribution in [2.24, 2.45) is 0 Å². The summed E-state index contributed by atoms with van der Waals surface area (Å²) in [7, 11) is 0. The number of amides is 2. The van der Waals surface area contributed by atoms with Crippen LogP contribution in [0.25, 0.3) is 0 Å². The average Bonchev–Trinajstić information content (AvgIpc) is 2.69. The lowest BCUT2D eigenvalue weighted by atomic mass is 10.2. The molecule has 0 unspecified atom stereocenters. The number of rotatable bonds is 5. The molecule has 0 atom stereocenters. The monoisotopic (exact) mass is 400 g/mol. The van der Waals surface area contributed by atoms with Gasteiger partial charge in [-0.25, -0.2) is 4.98 Å². The van der Waals surface area contributed by atoms with Crippen LogP contribution < -0.4 is 10.6 Å². The Balaban J connectivity index is 1.65. The zero-order valence-corrected chi connectivity index (χ0v) is 15.5. The van der Waals surface area contributed by atoms with E-state index in [-0.39, 0.29) is 28.3 Å². The SMILES string of the molecule is O=C(Nc1cccc(CNC(=O)c2nc(Cl)ccc2Cl)c1)c1ccncc1. The van der Waals surface area contributed by atoms with E-state index in [0.717, 1.165) is 5.56 Å². The summed E-state index contributed by atoms with van der Waals surface area (Å²) in [6, 6.07) is 13.4. The van der Waals surface area contributed by atoms with Crippen molar-refractivity contribution in [1.82, 2.24) is 15.3 Å². The Labute approximate surface area is 165 Å². The molecule has 27 heavy (non-hydrogen) atoms. The van der Waals surface area contributed by atoms with Crippen molar-refractivity contribution >= 4 is 40.7 Å². The highest BCUT2D eigenvalue weighted by Gasteiger charge is 2.13. The molecular weight excluding hydrogens is 387 g/mol. The predicted molar refractivity (Wildman–Crippen MR) is 104 cm³/mol. The lowest BCUT2D eigenvalue weighted by Crippen LogP contribution is -2.24. The second-order valence-corrected chi connectivity index (χ2v) is 6.33. The van der Waals surface area contributed by atoms with Crippen LogP contribution in [0.5, 0.6) is 0 Å². The Morgan fingerprint density at radius 3 is 2.52 bits per heavy atom. The molecule has 0 bridgehead atoms. The summed E-state index contributed by atoms with van der Waals surface area (Å²) < 4.78 is 0. The van der Waals surface area contributed by atoms with Crippen molar-refractivity contribution in [1.29, 1.82) is 0 Å². The van der Waals surface area contributed by atoms with Gasteiger partial charge in [0.05, 0.1) is 5.02 Å². The van der Waals surface area contributed by atoms with Gasteiger partial charge in [-0.3, -0.25) is 14.6 Å². The Hall–Kier alpha value is -2.96. The minimum atomic E-state index is -0.436. The molecule has 3 aromatic rings. The summed E-state index contributed by atoms with van der Waals surface area (Å²) in [5.74, 6) is -0.679. The molecule has 2 amide bonds. The first-order chi connectivity index (χ1) is 13.0. The molecule has 0 aliphatic heterocycles. The molecule has 0 aliphatic rings. The molecule has 0 spiro atoms. The molecule has 2 N–H and O–H groups in total. The van der Waals surface area contributed by atoms with Gasteiger partial charge in [-0.05, 0) is 42.0 Å². The number of anilines is 1. The summed E-state index contributed by atoms with van der Waals surface area (Å²) >= 11 is 11.8. The van der Waals surface area contributed by atoms with E-state index in [4.69, 9.17) is 23.2 Å². The highest BCUT2D eigenvalue weighted by atomic mass is 35.5. The van der Waals surface area contributed by atoms with Gasteiger partial charge in [0.15, 0.2) is 0 Å². The average molecular weight is 401 g/mol. The Morgan fingerprint density at radius 1 is 0.963 bits per heavy atom. The van der Waals surface area contributed by atoms with Crippen LogP contribution in [0.3, 0.4) is 0 Å². The quantitative estimate of drug-likeness (QED) is 0.634. The molecule has 2 aromatic heterocycles. The van der Waals surface area contributed by atoms with Gasteiger partial charge in [0.2, 0.25) is 0 Å². The van der Waals surface area contributed by atoms with Crippen molar-refractivity contribution in [3.63, 3.8) is 0 Å².